The van der Waals surface area contributed by atoms with Crippen LogP contribution in [-0.2, 0) is 0 Å². The minimum Gasteiger partial charge on any atom is -0.140 e. The highest BCUT2D eigenvalue weighted by Crippen LogP contribution is 2.32. The standard InChI is InChI=1S/C20H18S/c1-15-14-16(2)21-20(15)19-12-10-18(11-13-19)9-8-17-6-4-3-5-7-17/h3-14H,1-2H3. The van der Waals surface area contributed by atoms with Gasteiger partial charge < -0.3 is 0 Å². The highest BCUT2D eigenvalue weighted by atomic mass is 32.1. The van der Waals surface area contributed by atoms with Crippen molar-refractivity contribution >= 4 is 23.5 Å². The predicted octanol–water partition coefficient (Wildman–Crippen LogP) is 6.20. The fraction of sp³-hybridized carbons (Fsp3) is 0.100. The number of thiophene rings is 1. The van der Waals surface area contributed by atoms with Gasteiger partial charge >= 0.3 is 0 Å². The molecule has 0 aliphatic carbocycles. The molecule has 21 heavy (non-hydrogen) atoms. The number of rotatable bonds is 3. The molecule has 0 bridgehead atoms. The average molecular weight is 290 g/mol. The van der Waals surface area contributed by atoms with Crippen LogP contribution in [0, 0.1) is 13.8 Å². The third-order valence-corrected chi connectivity index (χ3v) is 4.68. The molecule has 1 heteroatoms. The fourth-order valence-corrected chi connectivity index (χ4v) is 3.46. The van der Waals surface area contributed by atoms with E-state index in [-0.39, 0.29) is 0 Å². The SMILES string of the molecule is Cc1cc(C)c(-c2ccc(C=Cc3ccccc3)cc2)s1. The van der Waals surface area contributed by atoms with Gasteiger partial charge in [0, 0.05) is 9.75 Å². The van der Waals surface area contributed by atoms with Gasteiger partial charge in [-0.1, -0.05) is 66.7 Å². The minimum atomic E-state index is 1.23. The molecule has 104 valence electrons. The Bertz CT molecular complexity index is 746. The molecule has 0 radical (unpaired) electrons. The summed E-state index contributed by atoms with van der Waals surface area (Å²) in [6.45, 7) is 4.35. The maximum absolute atomic E-state index is 2.25. The van der Waals surface area contributed by atoms with Crippen LogP contribution in [0.3, 0.4) is 0 Å². The zero-order valence-corrected chi connectivity index (χ0v) is 13.2. The molecular formula is C20H18S. The molecule has 0 aliphatic heterocycles. The normalized spacial score (nSPS) is 11.1. The highest BCUT2D eigenvalue weighted by Gasteiger charge is 2.05. The molecule has 1 heterocycles. The second kappa shape index (κ2) is 6.11. The maximum Gasteiger partial charge on any atom is 0.0374 e. The molecule has 0 saturated heterocycles. The predicted molar refractivity (Wildman–Crippen MR) is 94.6 cm³/mol. The Morgan fingerprint density at radius 2 is 1.38 bits per heavy atom. The van der Waals surface area contributed by atoms with Gasteiger partial charge in [0.15, 0.2) is 0 Å². The Kier molecular flexibility index (Phi) is 4.03. The molecule has 0 fully saturated rings. The molecule has 0 amide bonds. The molecule has 0 aliphatic rings. The number of benzene rings is 2. The second-order valence-electron chi connectivity index (χ2n) is 5.24. The van der Waals surface area contributed by atoms with Crippen molar-refractivity contribution in [2.24, 2.45) is 0 Å². The molecule has 0 saturated carbocycles. The molecule has 0 atom stereocenters. The fourth-order valence-electron chi connectivity index (χ4n) is 2.43. The third-order valence-electron chi connectivity index (χ3n) is 3.48. The summed E-state index contributed by atoms with van der Waals surface area (Å²) in [6.07, 6.45) is 4.31. The largest absolute Gasteiger partial charge is 0.140 e. The smallest absolute Gasteiger partial charge is 0.0374 e. The maximum atomic E-state index is 2.25. The molecule has 3 aromatic rings. The summed E-state index contributed by atoms with van der Waals surface area (Å²) in [6, 6.07) is 21.4. The van der Waals surface area contributed by atoms with E-state index in [1.165, 1.54) is 32.0 Å². The van der Waals surface area contributed by atoms with Gasteiger partial charge in [0.2, 0.25) is 0 Å². The second-order valence-corrected chi connectivity index (χ2v) is 6.49. The van der Waals surface area contributed by atoms with Gasteiger partial charge in [-0.3, -0.25) is 0 Å². The minimum absolute atomic E-state index is 1.23. The average Bonchev–Trinajstić information content (AvgIpc) is 2.85. The van der Waals surface area contributed by atoms with E-state index < -0.39 is 0 Å². The van der Waals surface area contributed by atoms with E-state index in [1.807, 2.05) is 17.4 Å². The monoisotopic (exact) mass is 290 g/mol. The van der Waals surface area contributed by atoms with E-state index >= 15 is 0 Å². The van der Waals surface area contributed by atoms with Gasteiger partial charge in [-0.2, -0.15) is 0 Å². The van der Waals surface area contributed by atoms with Crippen molar-refractivity contribution in [1.82, 2.24) is 0 Å². The number of hydrogen-bond acceptors (Lipinski definition) is 1. The van der Waals surface area contributed by atoms with Crippen LogP contribution in [0.2, 0.25) is 0 Å². The van der Waals surface area contributed by atoms with E-state index in [4.69, 9.17) is 0 Å². The van der Waals surface area contributed by atoms with Gasteiger partial charge in [0.05, 0.1) is 0 Å². The van der Waals surface area contributed by atoms with Crippen LogP contribution in [0.25, 0.3) is 22.6 Å². The van der Waals surface area contributed by atoms with Crippen LogP contribution >= 0.6 is 11.3 Å². The van der Waals surface area contributed by atoms with Gasteiger partial charge in [0.1, 0.15) is 0 Å². The summed E-state index contributed by atoms with van der Waals surface area (Å²) in [4.78, 5) is 2.75. The first-order valence-corrected chi connectivity index (χ1v) is 7.94. The van der Waals surface area contributed by atoms with E-state index in [9.17, 15) is 0 Å². The lowest BCUT2D eigenvalue weighted by atomic mass is 10.1. The summed E-state index contributed by atoms with van der Waals surface area (Å²) < 4.78 is 0. The van der Waals surface area contributed by atoms with Gasteiger partial charge in [0.25, 0.3) is 0 Å². The first-order valence-electron chi connectivity index (χ1n) is 7.13. The van der Waals surface area contributed by atoms with Crippen molar-refractivity contribution in [1.29, 1.82) is 0 Å². The quantitative estimate of drug-likeness (QED) is 0.504. The molecule has 0 N–H and O–H groups in total. The highest BCUT2D eigenvalue weighted by molar-refractivity contribution is 7.15. The zero-order chi connectivity index (χ0) is 14.7. The van der Waals surface area contributed by atoms with E-state index in [2.05, 4.69) is 80.6 Å². The van der Waals surface area contributed by atoms with Crippen molar-refractivity contribution in [2.45, 2.75) is 13.8 Å². The van der Waals surface area contributed by atoms with Crippen molar-refractivity contribution in [3.63, 3.8) is 0 Å². The first kappa shape index (κ1) is 13.8. The van der Waals surface area contributed by atoms with Crippen LogP contribution in [0.1, 0.15) is 21.6 Å². The molecule has 1 aromatic heterocycles. The Labute approximate surface area is 130 Å². The zero-order valence-electron chi connectivity index (χ0n) is 12.3. The van der Waals surface area contributed by atoms with Crippen molar-refractivity contribution in [3.8, 4) is 10.4 Å². The van der Waals surface area contributed by atoms with Crippen LogP contribution < -0.4 is 0 Å². The summed E-state index contributed by atoms with van der Waals surface area (Å²) in [5.41, 5.74) is 5.13. The van der Waals surface area contributed by atoms with Gasteiger partial charge in [-0.05, 0) is 42.2 Å². The topological polar surface area (TPSA) is 0 Å². The summed E-state index contributed by atoms with van der Waals surface area (Å²) >= 11 is 1.87. The first-order chi connectivity index (χ1) is 10.2. The third kappa shape index (κ3) is 3.32. The van der Waals surface area contributed by atoms with Crippen molar-refractivity contribution < 1.29 is 0 Å². The Morgan fingerprint density at radius 1 is 0.762 bits per heavy atom. The lowest BCUT2D eigenvalue weighted by Crippen LogP contribution is -1.77. The molecular weight excluding hydrogens is 272 g/mol. The van der Waals surface area contributed by atoms with E-state index in [0.29, 0.717) is 0 Å². The Morgan fingerprint density at radius 3 is 1.95 bits per heavy atom. The summed E-state index contributed by atoms with van der Waals surface area (Å²) in [7, 11) is 0. The lowest BCUT2D eigenvalue weighted by Gasteiger charge is -2.01. The van der Waals surface area contributed by atoms with Crippen molar-refractivity contribution in [2.75, 3.05) is 0 Å². The Hall–Kier alpha value is -2.12. The molecule has 0 unspecified atom stereocenters. The number of aryl methyl sites for hydroxylation is 2. The van der Waals surface area contributed by atoms with Crippen LogP contribution in [0.5, 0.6) is 0 Å². The molecule has 2 aromatic carbocycles. The van der Waals surface area contributed by atoms with E-state index in [0.717, 1.165) is 0 Å². The molecule has 0 spiro atoms. The number of hydrogen-bond donors (Lipinski definition) is 0. The van der Waals surface area contributed by atoms with Crippen LogP contribution in [0.4, 0.5) is 0 Å². The van der Waals surface area contributed by atoms with Gasteiger partial charge in [-0.15, -0.1) is 11.3 Å². The van der Waals surface area contributed by atoms with Crippen LogP contribution in [0.15, 0.2) is 60.7 Å². The molecule has 0 nitrogen and oxygen atoms in total. The van der Waals surface area contributed by atoms with Crippen LogP contribution in [-0.4, -0.2) is 0 Å². The summed E-state index contributed by atoms with van der Waals surface area (Å²) in [5, 5.41) is 0. The summed E-state index contributed by atoms with van der Waals surface area (Å²) in [5.74, 6) is 0. The Balaban J connectivity index is 1.81. The van der Waals surface area contributed by atoms with Crippen molar-refractivity contribution in [3.05, 3.63) is 82.2 Å². The van der Waals surface area contributed by atoms with E-state index in [1.54, 1.807) is 0 Å². The molecule has 3 rings (SSSR count). The lowest BCUT2D eigenvalue weighted by molar-refractivity contribution is 1.50. The van der Waals surface area contributed by atoms with Gasteiger partial charge in [-0.25, -0.2) is 0 Å².